The molecule has 0 radical (unpaired) electrons. The highest BCUT2D eigenvalue weighted by Crippen LogP contribution is 2.22. The van der Waals surface area contributed by atoms with Gasteiger partial charge in [0.05, 0.1) is 6.10 Å². The first-order valence-corrected chi connectivity index (χ1v) is 6.75. The topological polar surface area (TPSA) is 61.4 Å². The molecule has 1 aliphatic rings. The molecular formula is C13H26N2O2. The first-order valence-electron chi connectivity index (χ1n) is 6.75. The number of carbonyl (C=O) groups is 1. The minimum absolute atomic E-state index is 0.115. The molecule has 17 heavy (non-hydrogen) atoms. The molecule has 4 nitrogen and oxygen atoms in total. The van der Waals surface area contributed by atoms with Gasteiger partial charge < -0.3 is 15.7 Å². The highest BCUT2D eigenvalue weighted by Gasteiger charge is 2.21. The van der Waals surface area contributed by atoms with E-state index < -0.39 is 0 Å². The van der Waals surface area contributed by atoms with Crippen LogP contribution in [-0.2, 0) is 4.79 Å². The van der Waals surface area contributed by atoms with Crippen molar-refractivity contribution in [2.45, 2.75) is 45.6 Å². The Bertz CT molecular complexity index is 225. The van der Waals surface area contributed by atoms with Gasteiger partial charge in [-0.2, -0.15) is 0 Å². The van der Waals surface area contributed by atoms with Crippen LogP contribution in [0.2, 0.25) is 0 Å². The summed E-state index contributed by atoms with van der Waals surface area (Å²) in [6, 6.07) is 0. The Labute approximate surface area is 104 Å². The third kappa shape index (κ3) is 6.03. The van der Waals surface area contributed by atoms with E-state index >= 15 is 0 Å². The van der Waals surface area contributed by atoms with Crippen LogP contribution in [0.1, 0.15) is 39.5 Å². The van der Waals surface area contributed by atoms with Crippen LogP contribution in [0.15, 0.2) is 0 Å². The molecule has 1 amide bonds. The number of aliphatic hydroxyl groups is 1. The first-order chi connectivity index (χ1) is 8.09. The number of hydrogen-bond donors (Lipinski definition) is 3. The highest BCUT2D eigenvalue weighted by molar-refractivity contribution is 5.76. The molecular weight excluding hydrogens is 216 g/mol. The Morgan fingerprint density at radius 3 is 2.88 bits per heavy atom. The van der Waals surface area contributed by atoms with E-state index in [-0.39, 0.29) is 12.0 Å². The lowest BCUT2D eigenvalue weighted by atomic mass is 9.85. The maximum absolute atomic E-state index is 11.7. The monoisotopic (exact) mass is 242 g/mol. The third-order valence-electron chi connectivity index (χ3n) is 3.53. The van der Waals surface area contributed by atoms with Crippen molar-refractivity contribution in [2.24, 2.45) is 11.8 Å². The lowest BCUT2D eigenvalue weighted by Crippen LogP contribution is -2.36. The van der Waals surface area contributed by atoms with Gasteiger partial charge >= 0.3 is 0 Å². The van der Waals surface area contributed by atoms with E-state index in [1.165, 1.54) is 12.8 Å². The predicted molar refractivity (Wildman–Crippen MR) is 68.7 cm³/mol. The Balaban J connectivity index is 2.15. The van der Waals surface area contributed by atoms with E-state index in [0.717, 1.165) is 13.1 Å². The zero-order valence-corrected chi connectivity index (χ0v) is 11.0. The van der Waals surface area contributed by atoms with Crippen molar-refractivity contribution in [2.75, 3.05) is 19.6 Å². The van der Waals surface area contributed by atoms with Crippen LogP contribution < -0.4 is 10.6 Å². The first kappa shape index (κ1) is 14.5. The second-order valence-corrected chi connectivity index (χ2v) is 5.28. The summed E-state index contributed by atoms with van der Waals surface area (Å²) in [5.41, 5.74) is 0. The molecule has 1 saturated heterocycles. The van der Waals surface area contributed by atoms with Crippen LogP contribution in [0, 0.1) is 11.8 Å². The number of nitrogens with one attached hydrogen (secondary N) is 2. The summed E-state index contributed by atoms with van der Waals surface area (Å²) in [7, 11) is 0. The van der Waals surface area contributed by atoms with E-state index in [0.29, 0.717) is 31.2 Å². The van der Waals surface area contributed by atoms with Crippen LogP contribution in [-0.4, -0.2) is 36.8 Å². The molecule has 4 heteroatoms. The zero-order valence-electron chi connectivity index (χ0n) is 11.0. The van der Waals surface area contributed by atoms with E-state index in [2.05, 4.69) is 17.6 Å². The molecule has 1 rings (SSSR count). The maximum Gasteiger partial charge on any atom is 0.220 e. The number of rotatable bonds is 6. The fourth-order valence-electron chi connectivity index (χ4n) is 2.32. The average molecular weight is 242 g/mol. The van der Waals surface area contributed by atoms with Crippen molar-refractivity contribution in [1.82, 2.24) is 10.6 Å². The third-order valence-corrected chi connectivity index (χ3v) is 3.53. The lowest BCUT2D eigenvalue weighted by Gasteiger charge is -2.28. The van der Waals surface area contributed by atoms with Gasteiger partial charge in [-0.05, 0) is 51.1 Å². The van der Waals surface area contributed by atoms with Crippen LogP contribution >= 0.6 is 0 Å². The number of amides is 1. The molecule has 0 aromatic heterocycles. The quantitative estimate of drug-likeness (QED) is 0.648. The van der Waals surface area contributed by atoms with Gasteiger partial charge in [0.1, 0.15) is 0 Å². The molecule has 0 aliphatic carbocycles. The number of carbonyl (C=O) groups excluding carboxylic acids is 1. The normalized spacial score (nSPS) is 24.1. The maximum atomic E-state index is 11.7. The molecule has 100 valence electrons. The number of aliphatic hydroxyl groups excluding tert-OH is 1. The van der Waals surface area contributed by atoms with Crippen molar-refractivity contribution in [3.8, 4) is 0 Å². The molecule has 0 aromatic carbocycles. The van der Waals surface area contributed by atoms with Gasteiger partial charge in [0.25, 0.3) is 0 Å². The average Bonchev–Trinajstić information content (AvgIpc) is 2.29. The van der Waals surface area contributed by atoms with Gasteiger partial charge in [0.15, 0.2) is 0 Å². The summed E-state index contributed by atoms with van der Waals surface area (Å²) in [6.07, 6.45) is 3.35. The van der Waals surface area contributed by atoms with Crippen LogP contribution in [0.25, 0.3) is 0 Å². The largest absolute Gasteiger partial charge is 0.393 e. The van der Waals surface area contributed by atoms with Gasteiger partial charge in [0, 0.05) is 13.0 Å². The Kier molecular flexibility index (Phi) is 6.52. The van der Waals surface area contributed by atoms with Crippen molar-refractivity contribution in [1.29, 1.82) is 0 Å². The zero-order chi connectivity index (χ0) is 12.7. The molecule has 1 fully saturated rings. The molecule has 1 aliphatic heterocycles. The summed E-state index contributed by atoms with van der Waals surface area (Å²) in [6.45, 7) is 6.63. The second kappa shape index (κ2) is 7.67. The lowest BCUT2D eigenvalue weighted by molar-refractivity contribution is -0.122. The smallest absolute Gasteiger partial charge is 0.220 e. The van der Waals surface area contributed by atoms with Gasteiger partial charge in [-0.25, -0.2) is 0 Å². The SMILES string of the molecule is CC(O)CCNC(=O)CC(C)C1CCCNC1. The van der Waals surface area contributed by atoms with Gasteiger partial charge in [-0.3, -0.25) is 4.79 Å². The van der Waals surface area contributed by atoms with Crippen molar-refractivity contribution in [3.05, 3.63) is 0 Å². The minimum atomic E-state index is -0.338. The van der Waals surface area contributed by atoms with Crippen LogP contribution in [0.4, 0.5) is 0 Å². The second-order valence-electron chi connectivity index (χ2n) is 5.28. The molecule has 3 N–H and O–H groups in total. The van der Waals surface area contributed by atoms with E-state index in [4.69, 9.17) is 5.11 Å². The van der Waals surface area contributed by atoms with E-state index in [1.54, 1.807) is 6.92 Å². The summed E-state index contributed by atoms with van der Waals surface area (Å²) >= 11 is 0. The van der Waals surface area contributed by atoms with Gasteiger partial charge in [0.2, 0.25) is 5.91 Å². The Morgan fingerprint density at radius 2 is 2.29 bits per heavy atom. The summed E-state index contributed by atoms with van der Waals surface area (Å²) in [4.78, 5) is 11.7. The number of piperidine rings is 1. The van der Waals surface area contributed by atoms with Gasteiger partial charge in [-0.15, -0.1) is 0 Å². The Morgan fingerprint density at radius 1 is 1.53 bits per heavy atom. The standard InChI is InChI=1S/C13H26N2O2/c1-10(12-4-3-6-14-9-12)8-13(17)15-7-5-11(2)16/h10-12,14,16H,3-9H2,1-2H3,(H,15,17). The predicted octanol–water partition coefficient (Wildman–Crippen LogP) is 0.899. The molecule has 0 saturated carbocycles. The molecule has 0 spiro atoms. The molecule has 3 atom stereocenters. The van der Waals surface area contributed by atoms with E-state index in [9.17, 15) is 4.79 Å². The highest BCUT2D eigenvalue weighted by atomic mass is 16.3. The van der Waals surface area contributed by atoms with Crippen LogP contribution in [0.3, 0.4) is 0 Å². The van der Waals surface area contributed by atoms with Crippen molar-refractivity contribution >= 4 is 5.91 Å². The molecule has 3 unspecified atom stereocenters. The minimum Gasteiger partial charge on any atom is -0.393 e. The fourth-order valence-corrected chi connectivity index (χ4v) is 2.32. The summed E-state index contributed by atoms with van der Waals surface area (Å²) in [5, 5.41) is 15.3. The fraction of sp³-hybridized carbons (Fsp3) is 0.923. The molecule has 0 aromatic rings. The molecule has 1 heterocycles. The Hall–Kier alpha value is -0.610. The molecule has 0 bridgehead atoms. The summed E-state index contributed by atoms with van der Waals surface area (Å²) < 4.78 is 0. The van der Waals surface area contributed by atoms with E-state index in [1.807, 2.05) is 0 Å². The van der Waals surface area contributed by atoms with Crippen molar-refractivity contribution in [3.63, 3.8) is 0 Å². The summed E-state index contributed by atoms with van der Waals surface area (Å²) in [5.74, 6) is 1.18. The number of hydrogen-bond acceptors (Lipinski definition) is 3. The van der Waals surface area contributed by atoms with Crippen LogP contribution in [0.5, 0.6) is 0 Å². The van der Waals surface area contributed by atoms with Gasteiger partial charge in [-0.1, -0.05) is 6.92 Å². The van der Waals surface area contributed by atoms with Crippen molar-refractivity contribution < 1.29 is 9.90 Å².